The van der Waals surface area contributed by atoms with Crippen LogP contribution in [0.3, 0.4) is 0 Å². The van der Waals surface area contributed by atoms with Gasteiger partial charge in [-0.3, -0.25) is 0 Å². The number of sulfonamides is 1. The zero-order valence-corrected chi connectivity index (χ0v) is 15.0. The molecule has 0 atom stereocenters. The number of hydrogen-bond acceptors (Lipinski definition) is 3. The molecule has 0 fully saturated rings. The molecule has 0 radical (unpaired) electrons. The van der Waals surface area contributed by atoms with Crippen molar-refractivity contribution in [2.24, 2.45) is 0 Å². The van der Waals surface area contributed by atoms with Gasteiger partial charge >= 0.3 is 0 Å². The van der Waals surface area contributed by atoms with Crippen LogP contribution in [0.5, 0.6) is 0 Å². The minimum Gasteiger partial charge on any atom is -0.309 e. The number of nitrogens with zero attached hydrogens (tertiary/aromatic N) is 1. The summed E-state index contributed by atoms with van der Waals surface area (Å²) in [6.07, 6.45) is 0. The van der Waals surface area contributed by atoms with Crippen molar-refractivity contribution in [3.8, 4) is 0 Å². The van der Waals surface area contributed by atoms with Crippen LogP contribution in [-0.4, -0.2) is 25.8 Å². The highest BCUT2D eigenvalue weighted by Crippen LogP contribution is 2.17. The second-order valence-electron chi connectivity index (χ2n) is 5.99. The fraction of sp³-hybridized carbons (Fsp3) is 0.333. The fourth-order valence-corrected chi connectivity index (χ4v) is 3.59. The largest absolute Gasteiger partial charge is 0.309 e. The van der Waals surface area contributed by atoms with Crippen LogP contribution in [-0.2, 0) is 23.1 Å². The van der Waals surface area contributed by atoms with Gasteiger partial charge in [0, 0.05) is 26.2 Å². The van der Waals surface area contributed by atoms with E-state index in [0.29, 0.717) is 13.1 Å². The molecule has 0 aliphatic heterocycles. The molecule has 2 rings (SSSR count). The Bertz CT molecular complexity index is 774. The minimum absolute atomic E-state index is 0.0948. The molecular weight excluding hydrogens is 327 g/mol. The van der Waals surface area contributed by atoms with E-state index >= 15 is 0 Å². The Labute approximate surface area is 143 Å². The molecule has 0 aliphatic carbocycles. The first-order chi connectivity index (χ1) is 11.3. The van der Waals surface area contributed by atoms with E-state index < -0.39 is 10.0 Å². The number of rotatable bonds is 7. The highest BCUT2D eigenvalue weighted by molar-refractivity contribution is 7.89. The molecule has 0 amide bonds. The molecule has 0 bridgehead atoms. The summed E-state index contributed by atoms with van der Waals surface area (Å²) in [4.78, 5) is 0.285. The standard InChI is InChI=1S/C18H23FN2O2S/c1-14(2)21(3)24(22,23)18-9-7-15(8-10-18)12-20-13-16-5-4-6-17(19)11-16/h4-11,14,20H,12-13H2,1-3H3. The van der Waals surface area contributed by atoms with Gasteiger partial charge in [-0.2, -0.15) is 4.31 Å². The van der Waals surface area contributed by atoms with Gasteiger partial charge in [-0.05, 0) is 49.2 Å². The van der Waals surface area contributed by atoms with Crippen molar-refractivity contribution in [2.75, 3.05) is 7.05 Å². The highest BCUT2D eigenvalue weighted by Gasteiger charge is 2.22. The van der Waals surface area contributed by atoms with Crippen LogP contribution in [0.2, 0.25) is 0 Å². The van der Waals surface area contributed by atoms with Crippen molar-refractivity contribution < 1.29 is 12.8 Å². The summed E-state index contributed by atoms with van der Waals surface area (Å²) in [5.74, 6) is -0.252. The van der Waals surface area contributed by atoms with E-state index in [1.165, 1.54) is 16.4 Å². The van der Waals surface area contributed by atoms with Crippen molar-refractivity contribution >= 4 is 10.0 Å². The molecule has 130 valence electrons. The monoisotopic (exact) mass is 350 g/mol. The highest BCUT2D eigenvalue weighted by atomic mass is 32.2. The van der Waals surface area contributed by atoms with E-state index in [1.54, 1.807) is 37.4 Å². The van der Waals surface area contributed by atoms with Crippen LogP contribution in [0.4, 0.5) is 4.39 Å². The molecule has 0 unspecified atom stereocenters. The summed E-state index contributed by atoms with van der Waals surface area (Å²) in [6, 6.07) is 13.2. The van der Waals surface area contributed by atoms with Crippen molar-refractivity contribution in [3.63, 3.8) is 0 Å². The Kier molecular flexibility index (Phi) is 6.10. The lowest BCUT2D eigenvalue weighted by Gasteiger charge is -2.21. The zero-order chi connectivity index (χ0) is 17.7. The van der Waals surface area contributed by atoms with E-state index in [-0.39, 0.29) is 16.8 Å². The van der Waals surface area contributed by atoms with Crippen molar-refractivity contribution in [2.45, 2.75) is 37.9 Å². The first kappa shape index (κ1) is 18.6. The third-order valence-corrected chi connectivity index (χ3v) is 5.92. The van der Waals surface area contributed by atoms with Crippen LogP contribution < -0.4 is 5.32 Å². The number of halogens is 1. The molecule has 0 saturated heterocycles. The van der Waals surface area contributed by atoms with Gasteiger partial charge in [0.15, 0.2) is 0 Å². The van der Waals surface area contributed by atoms with Crippen LogP contribution in [0.15, 0.2) is 53.4 Å². The van der Waals surface area contributed by atoms with Crippen LogP contribution in [0.1, 0.15) is 25.0 Å². The maximum atomic E-state index is 13.1. The summed E-state index contributed by atoms with van der Waals surface area (Å²) in [6.45, 7) is 4.80. The van der Waals surface area contributed by atoms with Crippen molar-refractivity contribution in [3.05, 3.63) is 65.5 Å². The molecular formula is C18H23FN2O2S. The van der Waals surface area contributed by atoms with Gasteiger partial charge in [0.1, 0.15) is 5.82 Å². The van der Waals surface area contributed by atoms with E-state index in [0.717, 1.165) is 11.1 Å². The fourth-order valence-electron chi connectivity index (χ4n) is 2.22. The van der Waals surface area contributed by atoms with Gasteiger partial charge in [0.05, 0.1) is 4.90 Å². The average molecular weight is 350 g/mol. The number of hydrogen-bond donors (Lipinski definition) is 1. The lowest BCUT2D eigenvalue weighted by atomic mass is 10.2. The topological polar surface area (TPSA) is 49.4 Å². The molecule has 2 aromatic rings. The quantitative estimate of drug-likeness (QED) is 0.835. The number of nitrogens with one attached hydrogen (secondary N) is 1. The third kappa shape index (κ3) is 4.63. The second-order valence-corrected chi connectivity index (χ2v) is 7.99. The third-order valence-electron chi connectivity index (χ3n) is 3.87. The van der Waals surface area contributed by atoms with Crippen LogP contribution in [0, 0.1) is 5.82 Å². The van der Waals surface area contributed by atoms with Gasteiger partial charge in [0.2, 0.25) is 10.0 Å². The molecule has 0 heterocycles. The SMILES string of the molecule is CC(C)N(C)S(=O)(=O)c1ccc(CNCc2cccc(F)c2)cc1. The molecule has 0 aliphatic rings. The first-order valence-electron chi connectivity index (χ1n) is 7.83. The lowest BCUT2D eigenvalue weighted by molar-refractivity contribution is 0.410. The molecule has 24 heavy (non-hydrogen) atoms. The van der Waals surface area contributed by atoms with Crippen LogP contribution in [0.25, 0.3) is 0 Å². The Balaban J connectivity index is 1.97. The lowest BCUT2D eigenvalue weighted by Crippen LogP contribution is -2.33. The molecule has 2 aromatic carbocycles. The predicted molar refractivity (Wildman–Crippen MR) is 93.5 cm³/mol. The first-order valence-corrected chi connectivity index (χ1v) is 9.27. The molecule has 0 saturated carbocycles. The van der Waals surface area contributed by atoms with Gasteiger partial charge in [-0.15, -0.1) is 0 Å². The maximum absolute atomic E-state index is 13.1. The van der Waals surface area contributed by atoms with Gasteiger partial charge in [0.25, 0.3) is 0 Å². The van der Waals surface area contributed by atoms with Gasteiger partial charge < -0.3 is 5.32 Å². The Hall–Kier alpha value is -1.76. The molecule has 0 aromatic heterocycles. The number of benzene rings is 2. The molecule has 4 nitrogen and oxygen atoms in total. The van der Waals surface area contributed by atoms with E-state index in [4.69, 9.17) is 0 Å². The smallest absolute Gasteiger partial charge is 0.243 e. The van der Waals surface area contributed by atoms with Gasteiger partial charge in [-0.1, -0.05) is 24.3 Å². The summed E-state index contributed by atoms with van der Waals surface area (Å²) >= 11 is 0. The van der Waals surface area contributed by atoms with Crippen molar-refractivity contribution in [1.82, 2.24) is 9.62 Å². The van der Waals surface area contributed by atoms with E-state index in [1.807, 2.05) is 19.9 Å². The minimum atomic E-state index is -3.45. The summed E-state index contributed by atoms with van der Waals surface area (Å²) < 4.78 is 39.2. The maximum Gasteiger partial charge on any atom is 0.243 e. The Morgan fingerprint density at radius 3 is 2.25 bits per heavy atom. The molecule has 6 heteroatoms. The Morgan fingerprint density at radius 2 is 1.67 bits per heavy atom. The summed E-state index contributed by atoms with van der Waals surface area (Å²) in [5, 5.41) is 3.22. The van der Waals surface area contributed by atoms with Gasteiger partial charge in [-0.25, -0.2) is 12.8 Å². The Morgan fingerprint density at radius 1 is 1.04 bits per heavy atom. The molecule has 0 spiro atoms. The second kappa shape index (κ2) is 7.88. The van der Waals surface area contributed by atoms with E-state index in [9.17, 15) is 12.8 Å². The molecule has 1 N–H and O–H groups in total. The summed E-state index contributed by atoms with van der Waals surface area (Å²) in [7, 11) is -1.87. The predicted octanol–water partition coefficient (Wildman–Crippen LogP) is 3.14. The van der Waals surface area contributed by atoms with Crippen molar-refractivity contribution in [1.29, 1.82) is 0 Å². The summed E-state index contributed by atoms with van der Waals surface area (Å²) in [5.41, 5.74) is 1.84. The zero-order valence-electron chi connectivity index (χ0n) is 14.2. The average Bonchev–Trinajstić information content (AvgIpc) is 2.54. The van der Waals surface area contributed by atoms with E-state index in [2.05, 4.69) is 5.32 Å². The normalized spacial score (nSPS) is 12.1. The van der Waals surface area contributed by atoms with Crippen LogP contribution >= 0.6 is 0 Å².